The monoisotopic (exact) mass is 399 g/mol. The average molecular weight is 400 g/mol. The molecule has 0 aliphatic carbocycles. The molecule has 0 saturated carbocycles. The normalized spacial score (nSPS) is 11.5. The molecule has 0 unspecified atom stereocenters. The number of hydrogen-bond donors (Lipinski definition) is 1. The van der Waals surface area contributed by atoms with Gasteiger partial charge in [-0.2, -0.15) is 0 Å². The predicted molar refractivity (Wildman–Crippen MR) is 130 cm³/mol. The fraction of sp³-hybridized carbons (Fsp3) is 0.357. The molecular formula is C28H33NO. The van der Waals surface area contributed by atoms with Crippen molar-refractivity contribution >= 4 is 32.3 Å². The van der Waals surface area contributed by atoms with E-state index in [-0.39, 0.29) is 0 Å². The molecule has 0 heterocycles. The number of ether oxygens (including phenoxy) is 1. The summed E-state index contributed by atoms with van der Waals surface area (Å²) in [5.41, 5.74) is 5.55. The highest BCUT2D eigenvalue weighted by molar-refractivity contribution is 6.26. The van der Waals surface area contributed by atoms with Gasteiger partial charge in [-0.05, 0) is 52.4 Å². The van der Waals surface area contributed by atoms with Crippen molar-refractivity contribution in [3.05, 3.63) is 66.7 Å². The molecule has 0 saturated heterocycles. The molecule has 2 heteroatoms. The second kappa shape index (κ2) is 10.4. The van der Waals surface area contributed by atoms with Gasteiger partial charge < -0.3 is 10.5 Å². The van der Waals surface area contributed by atoms with Crippen LogP contribution in [-0.2, 0) is 0 Å². The van der Waals surface area contributed by atoms with E-state index in [2.05, 4.69) is 66.7 Å². The van der Waals surface area contributed by atoms with E-state index in [1.165, 1.54) is 77.3 Å². The molecule has 0 fully saturated rings. The minimum atomic E-state index is 0.785. The largest absolute Gasteiger partial charge is 0.493 e. The molecule has 0 amide bonds. The standard InChI is InChI=1S/C28H33NO/c29-20-11-5-3-1-2-4-6-12-21-30-27-19-13-18-26-24-15-8-7-14-22(24)23-16-9-10-17-25(23)28(26)27/h7-10,13-19H,1-6,11-12,20-21,29H2. The summed E-state index contributed by atoms with van der Waals surface area (Å²) in [6.45, 7) is 1.62. The zero-order valence-corrected chi connectivity index (χ0v) is 17.9. The predicted octanol–water partition coefficient (Wildman–Crippen LogP) is 7.60. The van der Waals surface area contributed by atoms with E-state index in [4.69, 9.17) is 10.5 Å². The van der Waals surface area contributed by atoms with Gasteiger partial charge in [-0.3, -0.25) is 0 Å². The number of hydrogen-bond acceptors (Lipinski definition) is 2. The Bertz CT molecular complexity index is 1060. The Morgan fingerprint density at radius 1 is 0.500 bits per heavy atom. The first-order valence-corrected chi connectivity index (χ1v) is 11.5. The van der Waals surface area contributed by atoms with E-state index in [1.54, 1.807) is 0 Å². The van der Waals surface area contributed by atoms with Crippen LogP contribution in [0.2, 0.25) is 0 Å². The maximum absolute atomic E-state index is 6.32. The lowest BCUT2D eigenvalue weighted by molar-refractivity contribution is 0.308. The van der Waals surface area contributed by atoms with Crippen molar-refractivity contribution in [1.29, 1.82) is 0 Å². The molecule has 0 aliphatic heterocycles. The van der Waals surface area contributed by atoms with E-state index in [1.807, 2.05) is 0 Å². The summed E-state index contributed by atoms with van der Waals surface area (Å²) >= 11 is 0. The Morgan fingerprint density at radius 3 is 1.57 bits per heavy atom. The summed E-state index contributed by atoms with van der Waals surface area (Å²) < 4.78 is 6.32. The summed E-state index contributed by atoms with van der Waals surface area (Å²) in [7, 11) is 0. The molecule has 0 spiro atoms. The highest BCUT2D eigenvalue weighted by Gasteiger charge is 2.11. The van der Waals surface area contributed by atoms with Crippen LogP contribution in [-0.4, -0.2) is 13.2 Å². The second-order valence-corrected chi connectivity index (χ2v) is 8.24. The van der Waals surface area contributed by atoms with Crippen LogP contribution in [0.1, 0.15) is 51.4 Å². The number of nitrogens with two attached hydrogens (primary N) is 1. The first kappa shape index (κ1) is 20.7. The van der Waals surface area contributed by atoms with Crippen LogP contribution in [0.3, 0.4) is 0 Å². The van der Waals surface area contributed by atoms with Gasteiger partial charge in [0.2, 0.25) is 0 Å². The number of fused-ring (bicyclic) bond motifs is 6. The van der Waals surface area contributed by atoms with Gasteiger partial charge in [-0.25, -0.2) is 0 Å². The molecule has 0 aromatic heterocycles. The Kier molecular flexibility index (Phi) is 7.20. The first-order valence-electron chi connectivity index (χ1n) is 11.5. The molecule has 0 bridgehead atoms. The van der Waals surface area contributed by atoms with Crippen LogP contribution in [0.5, 0.6) is 5.75 Å². The Morgan fingerprint density at radius 2 is 0.967 bits per heavy atom. The van der Waals surface area contributed by atoms with Crippen molar-refractivity contribution in [3.8, 4) is 5.75 Å². The zero-order valence-electron chi connectivity index (χ0n) is 17.9. The van der Waals surface area contributed by atoms with Crippen molar-refractivity contribution in [2.75, 3.05) is 13.2 Å². The number of rotatable bonds is 11. The van der Waals surface area contributed by atoms with Crippen molar-refractivity contribution in [2.24, 2.45) is 5.73 Å². The van der Waals surface area contributed by atoms with Gasteiger partial charge in [0.15, 0.2) is 0 Å². The Balaban J connectivity index is 1.45. The number of benzene rings is 4. The smallest absolute Gasteiger partial charge is 0.127 e. The minimum absolute atomic E-state index is 0.785. The summed E-state index contributed by atoms with van der Waals surface area (Å²) in [5.74, 6) is 1.01. The van der Waals surface area contributed by atoms with Crippen molar-refractivity contribution < 1.29 is 4.74 Å². The lowest BCUT2D eigenvalue weighted by Gasteiger charge is -2.14. The van der Waals surface area contributed by atoms with Crippen LogP contribution in [0.15, 0.2) is 66.7 Å². The third-order valence-electron chi connectivity index (χ3n) is 6.09. The molecule has 4 rings (SSSR count). The van der Waals surface area contributed by atoms with Crippen molar-refractivity contribution in [3.63, 3.8) is 0 Å². The molecule has 4 aromatic carbocycles. The van der Waals surface area contributed by atoms with E-state index in [9.17, 15) is 0 Å². The molecular weight excluding hydrogens is 366 g/mol. The van der Waals surface area contributed by atoms with Gasteiger partial charge in [-0.1, -0.05) is 99.2 Å². The van der Waals surface area contributed by atoms with E-state index in [0.29, 0.717) is 0 Å². The Labute approximate surface area is 180 Å². The minimum Gasteiger partial charge on any atom is -0.493 e. The fourth-order valence-corrected chi connectivity index (χ4v) is 4.53. The van der Waals surface area contributed by atoms with Crippen LogP contribution < -0.4 is 10.5 Å². The third kappa shape index (κ3) is 4.60. The number of unbranched alkanes of at least 4 members (excludes halogenated alkanes) is 7. The molecule has 2 nitrogen and oxygen atoms in total. The lowest BCUT2D eigenvalue weighted by atomic mass is 9.94. The van der Waals surface area contributed by atoms with Crippen molar-refractivity contribution in [2.45, 2.75) is 51.4 Å². The summed E-state index contributed by atoms with van der Waals surface area (Å²) in [6, 6.07) is 23.9. The van der Waals surface area contributed by atoms with E-state index < -0.39 is 0 Å². The van der Waals surface area contributed by atoms with Gasteiger partial charge >= 0.3 is 0 Å². The Hall–Kier alpha value is -2.58. The summed E-state index contributed by atoms with van der Waals surface area (Å²) in [5, 5.41) is 7.70. The summed E-state index contributed by atoms with van der Waals surface area (Å²) in [4.78, 5) is 0. The molecule has 30 heavy (non-hydrogen) atoms. The van der Waals surface area contributed by atoms with Gasteiger partial charge in [0.05, 0.1) is 6.61 Å². The molecule has 4 aromatic rings. The van der Waals surface area contributed by atoms with E-state index in [0.717, 1.165) is 25.3 Å². The second-order valence-electron chi connectivity index (χ2n) is 8.24. The third-order valence-corrected chi connectivity index (χ3v) is 6.09. The molecule has 0 atom stereocenters. The molecule has 0 aliphatic rings. The topological polar surface area (TPSA) is 35.2 Å². The van der Waals surface area contributed by atoms with Gasteiger partial charge in [0.1, 0.15) is 5.75 Å². The first-order chi connectivity index (χ1) is 14.9. The average Bonchev–Trinajstić information content (AvgIpc) is 2.80. The van der Waals surface area contributed by atoms with Gasteiger partial charge in [0, 0.05) is 5.39 Å². The van der Waals surface area contributed by atoms with Gasteiger partial charge in [-0.15, -0.1) is 0 Å². The quantitative estimate of drug-likeness (QED) is 0.208. The van der Waals surface area contributed by atoms with Crippen LogP contribution >= 0.6 is 0 Å². The van der Waals surface area contributed by atoms with Crippen LogP contribution in [0, 0.1) is 0 Å². The molecule has 2 N–H and O–H groups in total. The summed E-state index contributed by atoms with van der Waals surface area (Å²) in [6.07, 6.45) is 10.1. The van der Waals surface area contributed by atoms with Crippen LogP contribution in [0.4, 0.5) is 0 Å². The lowest BCUT2D eigenvalue weighted by Crippen LogP contribution is -1.99. The van der Waals surface area contributed by atoms with Crippen LogP contribution in [0.25, 0.3) is 32.3 Å². The highest BCUT2D eigenvalue weighted by atomic mass is 16.5. The molecule has 0 radical (unpaired) electrons. The SMILES string of the molecule is NCCCCCCCCCCOc1cccc2c3ccccc3c3ccccc3c12. The fourth-order valence-electron chi connectivity index (χ4n) is 4.53. The van der Waals surface area contributed by atoms with E-state index >= 15 is 0 Å². The molecule has 156 valence electrons. The maximum Gasteiger partial charge on any atom is 0.127 e. The van der Waals surface area contributed by atoms with Crippen molar-refractivity contribution in [1.82, 2.24) is 0 Å². The maximum atomic E-state index is 6.32. The van der Waals surface area contributed by atoms with Gasteiger partial charge in [0.25, 0.3) is 0 Å². The highest BCUT2D eigenvalue weighted by Crippen LogP contribution is 2.39. The zero-order chi connectivity index (χ0) is 20.6.